The maximum Gasteiger partial charge on any atom is 0.296 e. The number of nitro benzene ring substituents is 1. The third-order valence-electron chi connectivity index (χ3n) is 7.74. The third-order valence-corrected chi connectivity index (χ3v) is 7.74. The Morgan fingerprint density at radius 2 is 1.83 bits per heavy atom. The summed E-state index contributed by atoms with van der Waals surface area (Å²) in [5, 5.41) is 22.3. The number of nitriles is 1. The zero-order chi connectivity index (χ0) is 29.4. The van der Waals surface area contributed by atoms with Crippen molar-refractivity contribution in [1.82, 2.24) is 0 Å². The number of hydrogen-bond acceptors (Lipinski definition) is 7. The van der Waals surface area contributed by atoms with E-state index < -0.39 is 22.3 Å². The zero-order valence-electron chi connectivity index (χ0n) is 23.0. The van der Waals surface area contributed by atoms with Crippen LogP contribution in [0.25, 0.3) is 0 Å². The van der Waals surface area contributed by atoms with Crippen LogP contribution in [0.3, 0.4) is 0 Å². The summed E-state index contributed by atoms with van der Waals surface area (Å²) in [6.45, 7) is 6.18. The number of ether oxygens (including phenoxy) is 1. The highest BCUT2D eigenvalue weighted by atomic mass is 19.1. The second-order valence-corrected chi connectivity index (χ2v) is 10.4. The molecule has 0 amide bonds. The van der Waals surface area contributed by atoms with Crippen molar-refractivity contribution in [3.63, 3.8) is 0 Å². The molecule has 9 heteroatoms. The molecule has 8 nitrogen and oxygen atoms in total. The number of halogens is 1. The quantitative estimate of drug-likeness (QED) is 0.272. The molecule has 41 heavy (non-hydrogen) atoms. The predicted octanol–water partition coefficient (Wildman–Crippen LogP) is 6.54. The summed E-state index contributed by atoms with van der Waals surface area (Å²) in [6, 6.07) is 17.1. The molecule has 1 unspecified atom stereocenters. The Bertz CT molecular complexity index is 1680. The van der Waals surface area contributed by atoms with Gasteiger partial charge in [0.1, 0.15) is 29.7 Å². The van der Waals surface area contributed by atoms with E-state index in [4.69, 9.17) is 10.5 Å². The minimum Gasteiger partial charge on any atom is -0.489 e. The molecule has 0 radical (unpaired) electrons. The molecule has 1 aliphatic carbocycles. The van der Waals surface area contributed by atoms with Gasteiger partial charge in [0, 0.05) is 17.7 Å². The Morgan fingerprint density at radius 1 is 1.10 bits per heavy atom. The molecular formula is C32H29FN4O4. The van der Waals surface area contributed by atoms with Crippen LogP contribution in [0.1, 0.15) is 53.0 Å². The van der Waals surface area contributed by atoms with E-state index in [-0.39, 0.29) is 35.9 Å². The van der Waals surface area contributed by atoms with Gasteiger partial charge in [-0.1, -0.05) is 29.8 Å². The molecule has 2 N–H and O–H groups in total. The first kappa shape index (κ1) is 27.6. The average Bonchev–Trinajstić information content (AvgIpc) is 2.93. The van der Waals surface area contributed by atoms with Gasteiger partial charge in [0.2, 0.25) is 0 Å². The summed E-state index contributed by atoms with van der Waals surface area (Å²) in [5.74, 6) is -0.970. The van der Waals surface area contributed by atoms with E-state index in [0.717, 1.165) is 45.7 Å². The highest BCUT2D eigenvalue weighted by molar-refractivity contribution is 6.01. The smallest absolute Gasteiger partial charge is 0.296 e. The van der Waals surface area contributed by atoms with Crippen molar-refractivity contribution in [2.24, 2.45) is 5.73 Å². The fraction of sp³-hybridized carbons (Fsp3) is 0.250. The van der Waals surface area contributed by atoms with Crippen LogP contribution in [-0.2, 0) is 11.4 Å². The van der Waals surface area contributed by atoms with E-state index in [0.29, 0.717) is 24.1 Å². The highest BCUT2D eigenvalue weighted by Gasteiger charge is 2.42. The molecule has 0 aromatic heterocycles. The average molecular weight is 553 g/mol. The van der Waals surface area contributed by atoms with Gasteiger partial charge in [-0.3, -0.25) is 19.8 Å². The number of nitrogens with two attached hydrogens (primary N) is 1. The Balaban J connectivity index is 1.66. The molecular weight excluding hydrogens is 523 g/mol. The van der Waals surface area contributed by atoms with E-state index in [9.17, 15) is 24.6 Å². The monoisotopic (exact) mass is 552 g/mol. The number of anilines is 1. The summed E-state index contributed by atoms with van der Waals surface area (Å²) in [7, 11) is 0. The molecule has 0 fully saturated rings. The van der Waals surface area contributed by atoms with Gasteiger partial charge in [-0.2, -0.15) is 5.26 Å². The van der Waals surface area contributed by atoms with Crippen molar-refractivity contribution in [2.45, 2.75) is 52.6 Å². The molecule has 0 saturated heterocycles. The lowest BCUT2D eigenvalue weighted by Crippen LogP contribution is -2.39. The molecule has 3 aromatic carbocycles. The normalized spacial score (nSPS) is 16.9. The number of allylic oxidation sites excluding steroid dienone is 3. The fourth-order valence-corrected chi connectivity index (χ4v) is 5.68. The molecule has 0 bridgehead atoms. The molecule has 0 spiro atoms. The van der Waals surface area contributed by atoms with E-state index in [2.05, 4.69) is 6.07 Å². The maximum atomic E-state index is 14.0. The maximum absolute atomic E-state index is 14.0. The molecule has 1 heterocycles. The number of ketones is 1. The standard InChI is InChI=1S/C32H29FN4O4/c1-18-7-10-23(11-8-18)41-17-21-14-24(20(3)13-19(21)2)30-25(16-34)32(35)36(27-5-4-6-29(38)31(27)30)26-12-9-22(33)15-28(26)37(39)40/h7-15,30H,4-6,17,35H2,1-3H3. The van der Waals surface area contributed by atoms with Gasteiger partial charge in [-0.15, -0.1) is 0 Å². The van der Waals surface area contributed by atoms with Crippen LogP contribution < -0.4 is 15.4 Å². The Morgan fingerprint density at radius 3 is 2.51 bits per heavy atom. The molecule has 3 aromatic rings. The second kappa shape index (κ2) is 10.9. The van der Waals surface area contributed by atoms with Crippen molar-refractivity contribution in [1.29, 1.82) is 5.26 Å². The van der Waals surface area contributed by atoms with Crippen molar-refractivity contribution >= 4 is 17.2 Å². The van der Waals surface area contributed by atoms with E-state index in [1.807, 2.05) is 57.2 Å². The van der Waals surface area contributed by atoms with Gasteiger partial charge in [-0.05, 0) is 80.1 Å². The summed E-state index contributed by atoms with van der Waals surface area (Å²) in [5.41, 5.74) is 11.7. The first-order valence-electron chi connectivity index (χ1n) is 13.3. The first-order valence-corrected chi connectivity index (χ1v) is 13.3. The predicted molar refractivity (Wildman–Crippen MR) is 152 cm³/mol. The molecule has 2 aliphatic rings. The van der Waals surface area contributed by atoms with Crippen molar-refractivity contribution in [2.75, 3.05) is 4.90 Å². The van der Waals surface area contributed by atoms with Gasteiger partial charge in [0.05, 0.1) is 28.5 Å². The largest absolute Gasteiger partial charge is 0.489 e. The topological polar surface area (TPSA) is 122 Å². The second-order valence-electron chi connectivity index (χ2n) is 10.4. The molecule has 5 rings (SSSR count). The van der Waals surface area contributed by atoms with Gasteiger partial charge in [0.15, 0.2) is 5.78 Å². The summed E-state index contributed by atoms with van der Waals surface area (Å²) >= 11 is 0. The number of hydrogen-bond donors (Lipinski definition) is 1. The Hall–Kier alpha value is -4.97. The lowest BCUT2D eigenvalue weighted by Gasteiger charge is -2.39. The van der Waals surface area contributed by atoms with E-state index >= 15 is 0 Å². The van der Waals surface area contributed by atoms with Crippen LogP contribution in [0.2, 0.25) is 0 Å². The van der Waals surface area contributed by atoms with Crippen molar-refractivity contribution < 1.29 is 18.8 Å². The Labute approximate surface area is 237 Å². The van der Waals surface area contributed by atoms with Gasteiger partial charge >= 0.3 is 0 Å². The number of nitrogens with zero attached hydrogens (tertiary/aromatic N) is 3. The summed E-state index contributed by atoms with van der Waals surface area (Å²) in [6.07, 6.45) is 1.22. The van der Waals surface area contributed by atoms with E-state index in [1.54, 1.807) is 0 Å². The highest BCUT2D eigenvalue weighted by Crippen LogP contribution is 2.48. The fourth-order valence-electron chi connectivity index (χ4n) is 5.68. The SMILES string of the molecule is Cc1ccc(OCc2cc(C3C(C#N)=C(N)N(c4ccc(F)cc4[N+](=O)[O-])C4=C3C(=O)CCC4)c(C)cc2C)cc1. The number of rotatable bonds is 6. The van der Waals surface area contributed by atoms with Crippen LogP contribution in [0.15, 0.2) is 77.3 Å². The molecule has 0 saturated carbocycles. The van der Waals surface area contributed by atoms with Crippen LogP contribution in [0, 0.1) is 48.0 Å². The third kappa shape index (κ3) is 5.05. The number of carbonyl (C=O) groups excluding carboxylic acids is 1. The first-order chi connectivity index (χ1) is 19.6. The van der Waals surface area contributed by atoms with Crippen molar-refractivity contribution in [3.8, 4) is 11.8 Å². The number of carbonyl (C=O) groups is 1. The van der Waals surface area contributed by atoms with E-state index in [1.165, 1.54) is 11.0 Å². The van der Waals surface area contributed by atoms with Gasteiger partial charge in [-0.25, -0.2) is 4.39 Å². The number of Topliss-reactive ketones (excluding diaryl/α,β-unsaturated/α-hetero) is 1. The lowest BCUT2D eigenvalue weighted by molar-refractivity contribution is -0.384. The number of aryl methyl sites for hydroxylation is 3. The Kier molecular flexibility index (Phi) is 7.33. The molecule has 1 aliphatic heterocycles. The summed E-state index contributed by atoms with van der Waals surface area (Å²) in [4.78, 5) is 26.1. The minimum atomic E-state index is -0.775. The van der Waals surface area contributed by atoms with Crippen LogP contribution in [-0.4, -0.2) is 10.7 Å². The van der Waals surface area contributed by atoms with Gasteiger partial charge < -0.3 is 10.5 Å². The molecule has 1 atom stereocenters. The zero-order valence-corrected chi connectivity index (χ0v) is 23.0. The van der Waals surface area contributed by atoms with Crippen LogP contribution >= 0.6 is 0 Å². The van der Waals surface area contributed by atoms with Gasteiger partial charge in [0.25, 0.3) is 5.69 Å². The summed E-state index contributed by atoms with van der Waals surface area (Å²) < 4.78 is 20.1. The van der Waals surface area contributed by atoms with Crippen molar-refractivity contribution in [3.05, 3.63) is 121 Å². The molecule has 208 valence electrons. The number of benzene rings is 3. The van der Waals surface area contributed by atoms with Crippen LogP contribution in [0.4, 0.5) is 15.8 Å². The minimum absolute atomic E-state index is 0.00937. The number of nitro groups is 1. The van der Waals surface area contributed by atoms with Crippen LogP contribution in [0.5, 0.6) is 5.75 Å². The lowest BCUT2D eigenvalue weighted by atomic mass is 9.74.